The number of rotatable bonds is 5. The lowest BCUT2D eigenvalue weighted by atomic mass is 10.1. The summed E-state index contributed by atoms with van der Waals surface area (Å²) in [4.78, 5) is 24.7. The molecule has 0 radical (unpaired) electrons. The minimum atomic E-state index is -4.57. The van der Waals surface area contributed by atoms with Gasteiger partial charge in [0.15, 0.2) is 0 Å². The molecule has 0 heterocycles. The molecular formula is C24H14ClF3N2O3. The van der Waals surface area contributed by atoms with Gasteiger partial charge in [-0.1, -0.05) is 41.9 Å². The van der Waals surface area contributed by atoms with Gasteiger partial charge in [0.1, 0.15) is 17.4 Å². The second-order valence-corrected chi connectivity index (χ2v) is 7.05. The quantitative estimate of drug-likeness (QED) is 0.211. The molecule has 0 aliphatic heterocycles. The molecule has 3 rings (SSSR count). The molecule has 0 aromatic heterocycles. The van der Waals surface area contributed by atoms with Gasteiger partial charge in [-0.25, -0.2) is 4.79 Å². The molecule has 9 heteroatoms. The number of esters is 1. The molecule has 1 amide bonds. The third-order valence-electron chi connectivity index (χ3n) is 4.29. The molecule has 5 nitrogen and oxygen atoms in total. The van der Waals surface area contributed by atoms with Gasteiger partial charge in [-0.3, -0.25) is 4.79 Å². The second kappa shape index (κ2) is 10.0. The molecular weight excluding hydrogens is 457 g/mol. The molecule has 0 spiro atoms. The van der Waals surface area contributed by atoms with Crippen molar-refractivity contribution in [3.8, 4) is 11.8 Å². The molecule has 0 aliphatic rings. The van der Waals surface area contributed by atoms with Crippen LogP contribution in [0.1, 0.15) is 21.5 Å². The first-order valence-corrected chi connectivity index (χ1v) is 9.72. The average molecular weight is 471 g/mol. The number of ether oxygens (including phenoxy) is 1. The number of anilines is 1. The van der Waals surface area contributed by atoms with E-state index in [0.717, 1.165) is 18.2 Å². The van der Waals surface area contributed by atoms with Gasteiger partial charge in [0.2, 0.25) is 0 Å². The number of carbonyl (C=O) groups is 2. The van der Waals surface area contributed by atoms with Crippen LogP contribution < -0.4 is 10.1 Å². The van der Waals surface area contributed by atoms with E-state index in [1.807, 2.05) is 0 Å². The number of nitriles is 1. The second-order valence-electron chi connectivity index (χ2n) is 6.64. The predicted octanol–water partition coefficient (Wildman–Crippen LogP) is 6.12. The molecule has 3 aromatic rings. The summed E-state index contributed by atoms with van der Waals surface area (Å²) < 4.78 is 43.9. The van der Waals surface area contributed by atoms with Gasteiger partial charge in [0.05, 0.1) is 16.1 Å². The highest BCUT2D eigenvalue weighted by atomic mass is 35.5. The van der Waals surface area contributed by atoms with Crippen molar-refractivity contribution in [2.24, 2.45) is 0 Å². The van der Waals surface area contributed by atoms with E-state index in [2.05, 4.69) is 5.32 Å². The van der Waals surface area contributed by atoms with Gasteiger partial charge in [-0.15, -0.1) is 0 Å². The van der Waals surface area contributed by atoms with E-state index < -0.39 is 23.6 Å². The minimum Gasteiger partial charge on any atom is -0.423 e. The lowest BCUT2D eigenvalue weighted by molar-refractivity contribution is -0.137. The number of benzene rings is 3. The van der Waals surface area contributed by atoms with E-state index in [1.165, 1.54) is 30.3 Å². The summed E-state index contributed by atoms with van der Waals surface area (Å²) in [5, 5.41) is 11.8. The summed E-state index contributed by atoms with van der Waals surface area (Å²) in [5.74, 6) is -1.44. The van der Waals surface area contributed by atoms with Gasteiger partial charge in [0, 0.05) is 5.69 Å². The zero-order valence-electron chi connectivity index (χ0n) is 16.7. The molecule has 0 aliphatic carbocycles. The number of carbonyl (C=O) groups excluding carboxylic acids is 2. The fourth-order valence-electron chi connectivity index (χ4n) is 2.74. The molecule has 0 fully saturated rings. The Labute approximate surface area is 191 Å². The van der Waals surface area contributed by atoms with Gasteiger partial charge in [-0.05, 0) is 54.1 Å². The number of hydrogen-bond acceptors (Lipinski definition) is 4. The number of nitrogens with one attached hydrogen (secondary N) is 1. The Morgan fingerprint density at radius 2 is 1.73 bits per heavy atom. The maximum absolute atomic E-state index is 12.9. The Hall–Kier alpha value is -4.09. The molecule has 1 N–H and O–H groups in total. The van der Waals surface area contributed by atoms with E-state index in [4.69, 9.17) is 16.3 Å². The van der Waals surface area contributed by atoms with Crippen molar-refractivity contribution in [2.75, 3.05) is 5.32 Å². The molecule has 0 atom stereocenters. The lowest BCUT2D eigenvalue weighted by Crippen LogP contribution is -2.14. The number of amides is 1. The van der Waals surface area contributed by atoms with Crippen LogP contribution in [0.15, 0.2) is 78.4 Å². The summed E-state index contributed by atoms with van der Waals surface area (Å²) in [6.07, 6.45) is -3.35. The first-order chi connectivity index (χ1) is 15.7. The van der Waals surface area contributed by atoms with Crippen molar-refractivity contribution in [1.82, 2.24) is 0 Å². The van der Waals surface area contributed by atoms with Crippen molar-refractivity contribution in [3.63, 3.8) is 0 Å². The van der Waals surface area contributed by atoms with Gasteiger partial charge < -0.3 is 10.1 Å². The fourth-order valence-corrected chi connectivity index (χ4v) is 2.96. The van der Waals surface area contributed by atoms with Gasteiger partial charge in [0.25, 0.3) is 5.91 Å². The molecule has 33 heavy (non-hydrogen) atoms. The Balaban J connectivity index is 1.77. The lowest BCUT2D eigenvalue weighted by Gasteiger charge is -2.09. The molecule has 166 valence electrons. The smallest absolute Gasteiger partial charge is 0.416 e. The van der Waals surface area contributed by atoms with Crippen molar-refractivity contribution < 1.29 is 27.5 Å². The van der Waals surface area contributed by atoms with Crippen LogP contribution in [0, 0.1) is 11.3 Å². The molecule has 0 bridgehead atoms. The number of halogens is 4. The number of hydrogen-bond donors (Lipinski definition) is 1. The SMILES string of the molecule is N#CC(=Cc1cccc(OC(=O)c2ccccc2Cl)c1)C(=O)Nc1cccc(C(F)(F)F)c1. The standard InChI is InChI=1S/C24H14ClF3N2O3/c25-21-10-2-1-9-20(21)23(32)33-19-8-3-5-15(12-19)11-16(14-29)22(31)30-18-7-4-6-17(13-18)24(26,27)28/h1-13H,(H,30,31). The molecule has 3 aromatic carbocycles. The molecule has 0 unspecified atom stereocenters. The Kier molecular flexibility index (Phi) is 7.16. The average Bonchev–Trinajstić information content (AvgIpc) is 2.77. The van der Waals surface area contributed by atoms with Crippen LogP contribution in [0.3, 0.4) is 0 Å². The maximum Gasteiger partial charge on any atom is 0.416 e. The monoisotopic (exact) mass is 470 g/mol. The Bertz CT molecular complexity index is 1280. The zero-order chi connectivity index (χ0) is 24.0. The third-order valence-corrected chi connectivity index (χ3v) is 4.62. The highest BCUT2D eigenvalue weighted by Crippen LogP contribution is 2.30. The Morgan fingerprint density at radius 1 is 1.00 bits per heavy atom. The fraction of sp³-hybridized carbons (Fsp3) is 0.0417. The largest absolute Gasteiger partial charge is 0.423 e. The van der Waals surface area contributed by atoms with Gasteiger partial charge in [-0.2, -0.15) is 18.4 Å². The predicted molar refractivity (Wildman–Crippen MR) is 117 cm³/mol. The summed E-state index contributed by atoms with van der Waals surface area (Å²) in [6.45, 7) is 0. The van der Waals surface area contributed by atoms with Crippen LogP contribution in [0.4, 0.5) is 18.9 Å². The molecule has 0 saturated carbocycles. The van der Waals surface area contributed by atoms with Crippen LogP contribution in [-0.4, -0.2) is 11.9 Å². The number of nitrogens with zero attached hydrogens (tertiary/aromatic N) is 1. The van der Waals surface area contributed by atoms with E-state index in [9.17, 15) is 28.0 Å². The minimum absolute atomic E-state index is 0.113. The van der Waals surface area contributed by atoms with Crippen LogP contribution in [-0.2, 0) is 11.0 Å². The third kappa shape index (κ3) is 6.21. The van der Waals surface area contributed by atoms with E-state index in [0.29, 0.717) is 5.56 Å². The summed E-state index contributed by atoms with van der Waals surface area (Å²) in [6, 6.07) is 18.1. The van der Waals surface area contributed by atoms with Crippen molar-refractivity contribution in [3.05, 3.63) is 100 Å². The highest BCUT2D eigenvalue weighted by molar-refractivity contribution is 6.33. The molecule has 0 saturated heterocycles. The van der Waals surface area contributed by atoms with E-state index >= 15 is 0 Å². The van der Waals surface area contributed by atoms with Crippen LogP contribution in [0.5, 0.6) is 5.75 Å². The summed E-state index contributed by atoms with van der Waals surface area (Å²) in [5.41, 5.74) is -0.885. The summed E-state index contributed by atoms with van der Waals surface area (Å²) >= 11 is 5.99. The first-order valence-electron chi connectivity index (χ1n) is 9.34. The van der Waals surface area contributed by atoms with Crippen molar-refractivity contribution >= 4 is 35.2 Å². The van der Waals surface area contributed by atoms with Crippen molar-refractivity contribution in [2.45, 2.75) is 6.18 Å². The topological polar surface area (TPSA) is 79.2 Å². The highest BCUT2D eigenvalue weighted by Gasteiger charge is 2.30. The normalized spacial score (nSPS) is 11.4. The maximum atomic E-state index is 12.9. The van der Waals surface area contributed by atoms with E-state index in [1.54, 1.807) is 36.4 Å². The first kappa shape index (κ1) is 23.6. The summed E-state index contributed by atoms with van der Waals surface area (Å²) in [7, 11) is 0. The van der Waals surface area contributed by atoms with Crippen LogP contribution in [0.2, 0.25) is 5.02 Å². The zero-order valence-corrected chi connectivity index (χ0v) is 17.4. The van der Waals surface area contributed by atoms with Crippen molar-refractivity contribution in [1.29, 1.82) is 5.26 Å². The number of alkyl halides is 3. The van der Waals surface area contributed by atoms with Gasteiger partial charge >= 0.3 is 12.1 Å². The van der Waals surface area contributed by atoms with Crippen LogP contribution in [0.25, 0.3) is 6.08 Å². The Morgan fingerprint density at radius 3 is 2.42 bits per heavy atom. The van der Waals surface area contributed by atoms with Crippen LogP contribution >= 0.6 is 11.6 Å². The van der Waals surface area contributed by atoms with E-state index in [-0.39, 0.29) is 27.6 Å².